The van der Waals surface area contributed by atoms with Gasteiger partial charge in [0, 0.05) is 24.7 Å². The molecular formula is C15H19ClN2O2. The monoisotopic (exact) mass is 294 g/mol. The lowest BCUT2D eigenvalue weighted by Crippen LogP contribution is -2.53. The van der Waals surface area contributed by atoms with Gasteiger partial charge in [0.25, 0.3) is 0 Å². The van der Waals surface area contributed by atoms with Crippen molar-refractivity contribution in [3.8, 4) is 0 Å². The molecule has 2 aliphatic rings. The van der Waals surface area contributed by atoms with E-state index in [-0.39, 0.29) is 11.5 Å². The highest BCUT2D eigenvalue weighted by molar-refractivity contribution is 6.29. The van der Waals surface area contributed by atoms with Gasteiger partial charge in [-0.15, -0.1) is 0 Å². The van der Waals surface area contributed by atoms with Crippen LogP contribution in [0.15, 0.2) is 18.3 Å². The van der Waals surface area contributed by atoms with E-state index in [9.17, 15) is 4.79 Å². The topological polar surface area (TPSA) is 42.4 Å². The van der Waals surface area contributed by atoms with Crippen LogP contribution < -0.4 is 0 Å². The number of ether oxygens (including phenoxy) is 1. The normalized spacial score (nSPS) is 23.4. The predicted molar refractivity (Wildman–Crippen MR) is 76.8 cm³/mol. The zero-order valence-corrected chi connectivity index (χ0v) is 12.8. The predicted octanol–water partition coefficient (Wildman–Crippen LogP) is 3.46. The van der Waals surface area contributed by atoms with Crippen LogP contribution in [0.4, 0.5) is 4.79 Å². The first kappa shape index (κ1) is 13.7. The summed E-state index contributed by atoms with van der Waals surface area (Å²) in [5, 5.41) is 0.521. The van der Waals surface area contributed by atoms with Crippen molar-refractivity contribution in [2.24, 2.45) is 5.41 Å². The molecule has 1 aliphatic carbocycles. The Hall–Kier alpha value is -1.29. The Morgan fingerprint density at radius 2 is 2.15 bits per heavy atom. The van der Waals surface area contributed by atoms with Crippen LogP contribution in [0.1, 0.15) is 38.7 Å². The number of halogens is 1. The number of aromatic nitrogens is 1. The molecule has 1 saturated heterocycles. The smallest absolute Gasteiger partial charge is 0.410 e. The largest absolute Gasteiger partial charge is 0.444 e. The Morgan fingerprint density at radius 1 is 1.45 bits per heavy atom. The number of carbonyl (C=O) groups excluding carboxylic acids is 1. The molecule has 20 heavy (non-hydrogen) atoms. The summed E-state index contributed by atoms with van der Waals surface area (Å²) < 4.78 is 5.38. The van der Waals surface area contributed by atoms with Crippen molar-refractivity contribution in [3.63, 3.8) is 0 Å². The van der Waals surface area contributed by atoms with Gasteiger partial charge in [-0.2, -0.15) is 0 Å². The third kappa shape index (κ3) is 2.49. The Kier molecular flexibility index (Phi) is 2.98. The minimum Gasteiger partial charge on any atom is -0.444 e. The van der Waals surface area contributed by atoms with Crippen LogP contribution in [-0.4, -0.2) is 34.7 Å². The maximum Gasteiger partial charge on any atom is 0.410 e. The van der Waals surface area contributed by atoms with Crippen LogP contribution in [0.3, 0.4) is 0 Å². The second-order valence-corrected chi connectivity index (χ2v) is 7.26. The van der Waals surface area contributed by atoms with Crippen LogP contribution in [0.5, 0.6) is 0 Å². The van der Waals surface area contributed by atoms with E-state index in [1.54, 1.807) is 4.90 Å². The van der Waals surface area contributed by atoms with Crippen molar-refractivity contribution >= 4 is 17.7 Å². The van der Waals surface area contributed by atoms with Gasteiger partial charge in [-0.25, -0.2) is 9.78 Å². The molecule has 4 nitrogen and oxygen atoms in total. The van der Waals surface area contributed by atoms with E-state index in [1.807, 2.05) is 39.1 Å². The molecule has 1 aromatic rings. The third-order valence-corrected chi connectivity index (χ3v) is 4.23. The number of hydrogen-bond acceptors (Lipinski definition) is 3. The summed E-state index contributed by atoms with van der Waals surface area (Å²) >= 11 is 5.80. The fourth-order valence-electron chi connectivity index (χ4n) is 2.93. The summed E-state index contributed by atoms with van der Waals surface area (Å²) in [5.74, 6) is 0.506. The molecule has 0 bridgehead atoms. The molecule has 1 amide bonds. The first-order valence-electron chi connectivity index (χ1n) is 6.88. The molecule has 1 unspecified atom stereocenters. The number of amides is 1. The summed E-state index contributed by atoms with van der Waals surface area (Å²) in [5.41, 5.74) is 1.05. The molecule has 108 valence electrons. The van der Waals surface area contributed by atoms with Gasteiger partial charge in [0.05, 0.1) is 0 Å². The molecule has 2 heterocycles. The lowest BCUT2D eigenvalue weighted by Gasteiger charge is -2.41. The summed E-state index contributed by atoms with van der Waals surface area (Å²) in [6.07, 6.45) is 2.76. The van der Waals surface area contributed by atoms with Gasteiger partial charge >= 0.3 is 6.09 Å². The zero-order valence-electron chi connectivity index (χ0n) is 12.0. The Balaban J connectivity index is 1.56. The van der Waals surface area contributed by atoms with Gasteiger partial charge in [-0.05, 0) is 44.7 Å². The maximum atomic E-state index is 11.9. The van der Waals surface area contributed by atoms with Gasteiger partial charge < -0.3 is 9.64 Å². The van der Waals surface area contributed by atoms with Crippen LogP contribution in [-0.2, 0) is 4.74 Å². The summed E-state index contributed by atoms with van der Waals surface area (Å²) in [4.78, 5) is 17.8. The van der Waals surface area contributed by atoms with Crippen molar-refractivity contribution < 1.29 is 9.53 Å². The molecule has 1 aromatic heterocycles. The minimum atomic E-state index is -0.428. The van der Waals surface area contributed by atoms with Gasteiger partial charge in [-0.3, -0.25) is 0 Å². The highest BCUT2D eigenvalue weighted by atomic mass is 35.5. The average Bonchev–Trinajstić information content (AvgIpc) is 3.01. The zero-order chi connectivity index (χ0) is 14.5. The lowest BCUT2D eigenvalue weighted by molar-refractivity contribution is -0.00722. The molecule has 2 fully saturated rings. The lowest BCUT2D eigenvalue weighted by atomic mass is 9.92. The fraction of sp³-hybridized carbons (Fsp3) is 0.600. The van der Waals surface area contributed by atoms with Crippen LogP contribution in [0.2, 0.25) is 5.15 Å². The highest BCUT2D eigenvalue weighted by Gasteiger charge is 2.63. The molecular weight excluding hydrogens is 276 g/mol. The van der Waals surface area contributed by atoms with E-state index in [1.165, 1.54) is 5.56 Å². The molecule has 0 radical (unpaired) electrons. The number of hydrogen-bond donors (Lipinski definition) is 0. The number of pyridine rings is 1. The van der Waals surface area contributed by atoms with E-state index in [2.05, 4.69) is 4.98 Å². The number of likely N-dealkylation sites (tertiary alicyclic amines) is 1. The second-order valence-electron chi connectivity index (χ2n) is 6.87. The average molecular weight is 295 g/mol. The molecule has 1 saturated carbocycles. The quantitative estimate of drug-likeness (QED) is 0.745. The van der Waals surface area contributed by atoms with E-state index in [0.29, 0.717) is 11.1 Å². The standard InChI is InChI=1S/C15H19ClN2O2/c1-14(2,3)20-13(19)18-8-15(9-18)6-11(15)10-4-5-12(16)17-7-10/h4-5,7,11H,6,8-9H2,1-3H3. The molecule has 1 atom stereocenters. The molecule has 1 spiro atoms. The van der Waals surface area contributed by atoms with Crippen molar-refractivity contribution in [2.75, 3.05) is 13.1 Å². The van der Waals surface area contributed by atoms with Gasteiger partial charge in [-0.1, -0.05) is 17.7 Å². The second kappa shape index (κ2) is 4.35. The van der Waals surface area contributed by atoms with Crippen LogP contribution >= 0.6 is 11.6 Å². The van der Waals surface area contributed by atoms with E-state index >= 15 is 0 Å². The van der Waals surface area contributed by atoms with Crippen molar-refractivity contribution in [1.29, 1.82) is 0 Å². The van der Waals surface area contributed by atoms with E-state index in [0.717, 1.165) is 19.5 Å². The SMILES string of the molecule is CC(C)(C)OC(=O)N1CC2(CC2c2ccc(Cl)nc2)C1. The fourth-order valence-corrected chi connectivity index (χ4v) is 3.04. The molecule has 1 aliphatic heterocycles. The van der Waals surface area contributed by atoms with Gasteiger partial charge in [0.15, 0.2) is 0 Å². The molecule has 0 aromatic carbocycles. The Morgan fingerprint density at radius 3 is 2.70 bits per heavy atom. The number of rotatable bonds is 1. The minimum absolute atomic E-state index is 0.206. The Bertz CT molecular complexity index is 530. The van der Waals surface area contributed by atoms with E-state index in [4.69, 9.17) is 16.3 Å². The van der Waals surface area contributed by atoms with Gasteiger partial charge in [0.1, 0.15) is 10.8 Å². The van der Waals surface area contributed by atoms with Crippen molar-refractivity contribution in [3.05, 3.63) is 29.0 Å². The summed E-state index contributed by atoms with van der Waals surface area (Å²) in [7, 11) is 0. The number of nitrogens with zero attached hydrogens (tertiary/aromatic N) is 2. The first-order chi connectivity index (χ1) is 9.29. The van der Waals surface area contributed by atoms with Crippen LogP contribution in [0, 0.1) is 5.41 Å². The molecule has 0 N–H and O–H groups in total. The van der Waals surface area contributed by atoms with Crippen molar-refractivity contribution in [2.45, 2.75) is 38.7 Å². The highest BCUT2D eigenvalue weighted by Crippen LogP contribution is 2.64. The Labute approximate surface area is 124 Å². The number of carbonyl (C=O) groups is 1. The summed E-state index contributed by atoms with van der Waals surface area (Å²) in [6, 6.07) is 3.86. The van der Waals surface area contributed by atoms with Crippen molar-refractivity contribution in [1.82, 2.24) is 9.88 Å². The maximum absolute atomic E-state index is 11.9. The van der Waals surface area contributed by atoms with Gasteiger partial charge in [0.2, 0.25) is 0 Å². The van der Waals surface area contributed by atoms with E-state index < -0.39 is 5.60 Å². The van der Waals surface area contributed by atoms with Crippen LogP contribution in [0.25, 0.3) is 0 Å². The summed E-state index contributed by atoms with van der Waals surface area (Å²) in [6.45, 7) is 7.24. The molecule has 5 heteroatoms. The molecule has 3 rings (SSSR count). The first-order valence-corrected chi connectivity index (χ1v) is 7.26. The third-order valence-electron chi connectivity index (χ3n) is 4.01.